The van der Waals surface area contributed by atoms with Crippen LogP contribution in [0.1, 0.15) is 61.4 Å². The van der Waals surface area contributed by atoms with Gasteiger partial charge < -0.3 is 19.7 Å². The van der Waals surface area contributed by atoms with Gasteiger partial charge in [0.25, 0.3) is 11.8 Å². The zero-order valence-corrected chi connectivity index (χ0v) is 28.0. The second-order valence-electron chi connectivity index (χ2n) is 12.6. The van der Waals surface area contributed by atoms with Crippen molar-refractivity contribution in [2.45, 2.75) is 46.3 Å². The van der Waals surface area contributed by atoms with E-state index in [4.69, 9.17) is 14.7 Å². The van der Waals surface area contributed by atoms with E-state index >= 15 is 0 Å². The number of amides is 2. The maximum absolute atomic E-state index is 13.1. The summed E-state index contributed by atoms with van der Waals surface area (Å²) in [5.74, 6) is 1.49. The lowest BCUT2D eigenvalue weighted by molar-refractivity contribution is 0.0595. The Labute approximate surface area is 287 Å². The molecule has 1 saturated heterocycles. The van der Waals surface area contributed by atoms with Gasteiger partial charge in [-0.2, -0.15) is 5.26 Å². The molecule has 0 radical (unpaired) electrons. The number of anilines is 1. The van der Waals surface area contributed by atoms with Crippen LogP contribution < -0.4 is 14.8 Å². The van der Waals surface area contributed by atoms with Crippen LogP contribution in [0, 0.1) is 32.1 Å². The molecule has 7 nitrogen and oxygen atoms in total. The van der Waals surface area contributed by atoms with Gasteiger partial charge in [-0.15, -0.1) is 0 Å². The quantitative estimate of drug-likeness (QED) is 0.173. The van der Waals surface area contributed by atoms with Crippen molar-refractivity contribution in [3.05, 3.63) is 148 Å². The van der Waals surface area contributed by atoms with E-state index in [9.17, 15) is 9.59 Å². The van der Waals surface area contributed by atoms with Crippen LogP contribution >= 0.6 is 0 Å². The number of piperidine rings is 1. The summed E-state index contributed by atoms with van der Waals surface area (Å²) in [4.78, 5) is 27.8. The van der Waals surface area contributed by atoms with Crippen molar-refractivity contribution >= 4 is 17.5 Å². The van der Waals surface area contributed by atoms with Crippen LogP contribution in [0.5, 0.6) is 11.5 Å². The van der Waals surface area contributed by atoms with Crippen molar-refractivity contribution in [2.24, 2.45) is 0 Å². The summed E-state index contributed by atoms with van der Waals surface area (Å²) in [6.07, 6.45) is 1.69. The van der Waals surface area contributed by atoms with Gasteiger partial charge in [-0.05, 0) is 109 Å². The number of nitriles is 1. The molecule has 1 aliphatic rings. The molecule has 2 amide bonds. The average Bonchev–Trinajstić information content (AvgIpc) is 3.12. The highest BCUT2D eigenvalue weighted by molar-refractivity contribution is 6.06. The minimum atomic E-state index is -0.179. The number of likely N-dealkylation sites (tertiary alicyclic amines) is 1. The second kappa shape index (κ2) is 14.9. The van der Waals surface area contributed by atoms with Crippen molar-refractivity contribution < 1.29 is 19.1 Å². The van der Waals surface area contributed by atoms with Gasteiger partial charge in [0.1, 0.15) is 24.2 Å². The molecule has 49 heavy (non-hydrogen) atoms. The molecule has 1 aliphatic heterocycles. The summed E-state index contributed by atoms with van der Waals surface area (Å²) in [5.41, 5.74) is 8.57. The molecule has 0 spiro atoms. The van der Waals surface area contributed by atoms with Gasteiger partial charge in [0.2, 0.25) is 0 Å². The van der Waals surface area contributed by atoms with E-state index in [0.29, 0.717) is 36.5 Å². The SMILES string of the molecule is Cc1ccc(C(=O)N2CCC(Oc3ccc(COc4ccc(-c5cc(C)c(C(=O)Nc6ccc(C#N)cc6)c(C)c5)cc4)cc3)CC2)cc1. The zero-order chi connectivity index (χ0) is 34.3. The summed E-state index contributed by atoms with van der Waals surface area (Å²) < 4.78 is 12.3. The van der Waals surface area contributed by atoms with E-state index < -0.39 is 0 Å². The molecule has 0 bridgehead atoms. The van der Waals surface area contributed by atoms with E-state index in [-0.39, 0.29) is 17.9 Å². The van der Waals surface area contributed by atoms with Crippen LogP contribution in [0.15, 0.2) is 109 Å². The molecule has 246 valence electrons. The molecule has 7 heteroatoms. The first kappa shape index (κ1) is 33.0. The van der Waals surface area contributed by atoms with E-state index in [1.807, 2.05) is 111 Å². The summed E-state index contributed by atoms with van der Waals surface area (Å²) in [5, 5.41) is 11.9. The number of carbonyl (C=O) groups is 2. The number of hydrogen-bond donors (Lipinski definition) is 1. The maximum atomic E-state index is 13.1. The minimum Gasteiger partial charge on any atom is -0.490 e. The zero-order valence-electron chi connectivity index (χ0n) is 28.0. The summed E-state index contributed by atoms with van der Waals surface area (Å²) >= 11 is 0. The molecule has 1 heterocycles. The number of carbonyl (C=O) groups excluding carboxylic acids is 2. The molecular formula is C42H39N3O4. The third-order valence-corrected chi connectivity index (χ3v) is 8.88. The Kier molecular flexibility index (Phi) is 10.1. The van der Waals surface area contributed by atoms with Gasteiger partial charge in [0, 0.05) is 42.7 Å². The third kappa shape index (κ3) is 8.17. The Bertz CT molecular complexity index is 1950. The number of nitrogens with one attached hydrogen (secondary N) is 1. The van der Waals surface area contributed by atoms with Gasteiger partial charge in [-0.1, -0.05) is 54.1 Å². The molecule has 1 N–H and O–H groups in total. The molecular weight excluding hydrogens is 610 g/mol. The largest absolute Gasteiger partial charge is 0.490 e. The highest BCUT2D eigenvalue weighted by Crippen LogP contribution is 2.28. The number of nitrogens with zero attached hydrogens (tertiary/aromatic N) is 2. The van der Waals surface area contributed by atoms with E-state index in [0.717, 1.165) is 63.3 Å². The Balaban J connectivity index is 0.985. The Morgan fingerprint density at radius 2 is 1.39 bits per heavy atom. The smallest absolute Gasteiger partial charge is 0.256 e. The lowest BCUT2D eigenvalue weighted by Gasteiger charge is -2.32. The monoisotopic (exact) mass is 649 g/mol. The molecule has 0 aliphatic carbocycles. The predicted octanol–water partition coefficient (Wildman–Crippen LogP) is 8.67. The minimum absolute atomic E-state index is 0.0810. The van der Waals surface area contributed by atoms with Crippen molar-refractivity contribution in [3.63, 3.8) is 0 Å². The lowest BCUT2D eigenvalue weighted by atomic mass is 9.95. The van der Waals surface area contributed by atoms with E-state index in [1.54, 1.807) is 24.3 Å². The van der Waals surface area contributed by atoms with E-state index in [2.05, 4.69) is 11.4 Å². The molecule has 6 rings (SSSR count). The molecule has 1 fully saturated rings. The predicted molar refractivity (Wildman–Crippen MR) is 192 cm³/mol. The molecule has 0 atom stereocenters. The van der Waals surface area contributed by atoms with Crippen LogP contribution in [-0.2, 0) is 6.61 Å². The Morgan fingerprint density at radius 3 is 2.00 bits per heavy atom. The molecule has 0 unspecified atom stereocenters. The maximum Gasteiger partial charge on any atom is 0.256 e. The fraction of sp³-hybridized carbons (Fsp3) is 0.214. The highest BCUT2D eigenvalue weighted by atomic mass is 16.5. The average molecular weight is 650 g/mol. The van der Waals surface area contributed by atoms with Crippen molar-refractivity contribution in [2.75, 3.05) is 18.4 Å². The topological polar surface area (TPSA) is 91.7 Å². The number of ether oxygens (including phenoxy) is 2. The van der Waals surface area contributed by atoms with Gasteiger partial charge in [-0.3, -0.25) is 9.59 Å². The Hall–Kier alpha value is -5.87. The van der Waals surface area contributed by atoms with Crippen LogP contribution in [0.25, 0.3) is 11.1 Å². The fourth-order valence-electron chi connectivity index (χ4n) is 6.13. The van der Waals surface area contributed by atoms with E-state index in [1.165, 1.54) is 0 Å². The first-order valence-electron chi connectivity index (χ1n) is 16.5. The molecule has 5 aromatic rings. The molecule has 5 aromatic carbocycles. The van der Waals surface area contributed by atoms with Gasteiger partial charge in [0.05, 0.1) is 11.6 Å². The first-order chi connectivity index (χ1) is 23.7. The van der Waals surface area contributed by atoms with Crippen molar-refractivity contribution in [1.82, 2.24) is 4.90 Å². The lowest BCUT2D eigenvalue weighted by Crippen LogP contribution is -2.41. The van der Waals surface area contributed by atoms with Crippen LogP contribution in [0.3, 0.4) is 0 Å². The van der Waals surface area contributed by atoms with Crippen LogP contribution in [0.2, 0.25) is 0 Å². The van der Waals surface area contributed by atoms with Gasteiger partial charge in [-0.25, -0.2) is 0 Å². The van der Waals surface area contributed by atoms with Gasteiger partial charge in [0.15, 0.2) is 0 Å². The Morgan fingerprint density at radius 1 is 0.776 bits per heavy atom. The fourth-order valence-corrected chi connectivity index (χ4v) is 6.13. The van der Waals surface area contributed by atoms with Gasteiger partial charge >= 0.3 is 0 Å². The summed E-state index contributed by atoms with van der Waals surface area (Å²) in [7, 11) is 0. The number of aryl methyl sites for hydroxylation is 3. The number of rotatable bonds is 9. The third-order valence-electron chi connectivity index (χ3n) is 8.88. The molecule has 0 aromatic heterocycles. The number of hydrogen-bond acceptors (Lipinski definition) is 5. The first-order valence-corrected chi connectivity index (χ1v) is 16.5. The summed E-state index contributed by atoms with van der Waals surface area (Å²) in [6.45, 7) is 7.70. The normalized spacial score (nSPS) is 13.0. The second-order valence-corrected chi connectivity index (χ2v) is 12.6. The van der Waals surface area contributed by atoms with Crippen molar-refractivity contribution in [1.29, 1.82) is 5.26 Å². The number of benzene rings is 5. The highest BCUT2D eigenvalue weighted by Gasteiger charge is 2.24. The van der Waals surface area contributed by atoms with Crippen molar-refractivity contribution in [3.8, 4) is 28.7 Å². The molecule has 0 saturated carbocycles. The van der Waals surface area contributed by atoms with Crippen LogP contribution in [-0.4, -0.2) is 35.9 Å². The standard InChI is InChI=1S/C42H39N3O4/c1-28-4-10-34(11-5-28)42(47)45-22-20-39(21-23-45)49-38-16-8-32(9-17-38)27-48-37-18-12-33(13-19-37)35-24-29(2)40(30(3)25-35)41(46)44-36-14-6-31(26-43)7-15-36/h4-19,24-25,39H,20-23,27H2,1-3H3,(H,44,46). The van der Waals surface area contributed by atoms with Crippen LogP contribution in [0.4, 0.5) is 5.69 Å². The summed E-state index contributed by atoms with van der Waals surface area (Å²) in [6, 6.07) is 36.7.